The van der Waals surface area contributed by atoms with Crippen molar-refractivity contribution in [1.29, 1.82) is 0 Å². The third kappa shape index (κ3) is 6.03. The predicted molar refractivity (Wildman–Crippen MR) is 151 cm³/mol. The van der Waals surface area contributed by atoms with Crippen LogP contribution in [0.3, 0.4) is 0 Å². The Morgan fingerprint density at radius 3 is 2.37 bits per heavy atom. The molecule has 6 nitrogen and oxygen atoms in total. The fourth-order valence-electron chi connectivity index (χ4n) is 4.48. The molecular formula is C31H33ClN2O4. The first-order valence-corrected chi connectivity index (χ1v) is 12.9. The molecule has 0 aliphatic heterocycles. The summed E-state index contributed by atoms with van der Waals surface area (Å²) in [6.07, 6.45) is 0. The lowest BCUT2D eigenvalue weighted by molar-refractivity contribution is -0.139. The molecule has 7 heteroatoms. The quantitative estimate of drug-likeness (QED) is 0.266. The lowest BCUT2D eigenvalue weighted by atomic mass is 9.87. The molecule has 1 amide bonds. The van der Waals surface area contributed by atoms with Gasteiger partial charge in [0.15, 0.2) is 6.61 Å². The number of hydrogen-bond donors (Lipinski definition) is 2. The molecule has 0 aliphatic rings. The summed E-state index contributed by atoms with van der Waals surface area (Å²) in [5.74, 6) is -0.713. The SMILES string of the molecule is Cc1c(C)n(Cc2cc(OCC(=O)O)ccc2Cl)c2ccc(C(=O)NCc3ccc(C(C)(C)C)cc3)cc12. The summed E-state index contributed by atoms with van der Waals surface area (Å²) in [6.45, 7) is 11.1. The molecule has 2 N–H and O–H groups in total. The largest absolute Gasteiger partial charge is 0.482 e. The topological polar surface area (TPSA) is 80.6 Å². The number of nitrogens with zero attached hydrogens (tertiary/aromatic N) is 1. The number of fused-ring (bicyclic) bond motifs is 1. The van der Waals surface area contributed by atoms with Crippen molar-refractivity contribution in [3.63, 3.8) is 0 Å². The van der Waals surface area contributed by atoms with Gasteiger partial charge in [-0.25, -0.2) is 4.79 Å². The van der Waals surface area contributed by atoms with E-state index in [-0.39, 0.29) is 11.3 Å². The minimum Gasteiger partial charge on any atom is -0.482 e. The van der Waals surface area contributed by atoms with Gasteiger partial charge in [-0.3, -0.25) is 4.79 Å². The van der Waals surface area contributed by atoms with E-state index in [0.29, 0.717) is 29.4 Å². The number of carbonyl (C=O) groups is 2. The van der Waals surface area contributed by atoms with Gasteiger partial charge in [-0.05, 0) is 77.9 Å². The van der Waals surface area contributed by atoms with Crippen LogP contribution in [0.25, 0.3) is 10.9 Å². The highest BCUT2D eigenvalue weighted by molar-refractivity contribution is 6.31. The predicted octanol–water partition coefficient (Wildman–Crippen LogP) is 6.65. The van der Waals surface area contributed by atoms with E-state index in [4.69, 9.17) is 21.4 Å². The van der Waals surface area contributed by atoms with Crippen LogP contribution in [-0.2, 0) is 23.3 Å². The molecule has 4 aromatic rings. The number of hydrogen-bond acceptors (Lipinski definition) is 3. The van der Waals surface area contributed by atoms with Gasteiger partial charge in [0.1, 0.15) is 5.75 Å². The minimum absolute atomic E-state index is 0.0891. The number of halogens is 1. The van der Waals surface area contributed by atoms with Crippen molar-refractivity contribution in [3.05, 3.63) is 99.2 Å². The van der Waals surface area contributed by atoms with E-state index in [1.54, 1.807) is 18.2 Å². The van der Waals surface area contributed by atoms with Crippen LogP contribution in [0.5, 0.6) is 5.75 Å². The highest BCUT2D eigenvalue weighted by Gasteiger charge is 2.16. The second-order valence-corrected chi connectivity index (χ2v) is 11.0. The number of nitrogens with one attached hydrogen (secondary N) is 1. The van der Waals surface area contributed by atoms with Gasteiger partial charge >= 0.3 is 5.97 Å². The summed E-state index contributed by atoms with van der Waals surface area (Å²) < 4.78 is 7.47. The lowest BCUT2D eigenvalue weighted by Crippen LogP contribution is -2.22. The molecule has 38 heavy (non-hydrogen) atoms. The van der Waals surface area contributed by atoms with Crippen molar-refractivity contribution in [1.82, 2.24) is 9.88 Å². The Kier molecular flexibility index (Phi) is 7.83. The molecule has 1 heterocycles. The van der Waals surface area contributed by atoms with Crippen LogP contribution >= 0.6 is 11.6 Å². The van der Waals surface area contributed by atoms with E-state index in [2.05, 4.69) is 54.9 Å². The highest BCUT2D eigenvalue weighted by atomic mass is 35.5. The summed E-state index contributed by atoms with van der Waals surface area (Å²) in [5.41, 5.74) is 6.95. The molecule has 198 valence electrons. The van der Waals surface area contributed by atoms with Gasteiger partial charge in [0, 0.05) is 40.3 Å². The summed E-state index contributed by atoms with van der Waals surface area (Å²) in [6, 6.07) is 19.2. The first kappa shape index (κ1) is 27.3. The average Bonchev–Trinajstić information content (AvgIpc) is 3.11. The van der Waals surface area contributed by atoms with E-state index in [1.807, 2.05) is 32.0 Å². The zero-order valence-corrected chi connectivity index (χ0v) is 23.1. The number of carboxylic acid groups (broad SMARTS) is 1. The summed E-state index contributed by atoms with van der Waals surface area (Å²) in [5, 5.41) is 13.5. The fourth-order valence-corrected chi connectivity index (χ4v) is 4.66. The number of ether oxygens (including phenoxy) is 1. The fraction of sp³-hybridized carbons (Fsp3) is 0.290. The number of aliphatic carboxylic acids is 1. The number of carbonyl (C=O) groups excluding carboxylic acids is 1. The Hall–Kier alpha value is -3.77. The van der Waals surface area contributed by atoms with E-state index < -0.39 is 12.6 Å². The third-order valence-electron chi connectivity index (χ3n) is 6.88. The van der Waals surface area contributed by atoms with Gasteiger partial charge in [-0.2, -0.15) is 0 Å². The smallest absolute Gasteiger partial charge is 0.341 e. The molecule has 3 aromatic carbocycles. The van der Waals surface area contributed by atoms with Gasteiger partial charge in [-0.1, -0.05) is 56.6 Å². The van der Waals surface area contributed by atoms with E-state index >= 15 is 0 Å². The maximum atomic E-state index is 13.0. The van der Waals surface area contributed by atoms with E-state index in [1.165, 1.54) is 5.56 Å². The Morgan fingerprint density at radius 1 is 1.00 bits per heavy atom. The molecule has 0 saturated carbocycles. The van der Waals surface area contributed by atoms with Crippen molar-refractivity contribution in [2.24, 2.45) is 0 Å². The first-order chi connectivity index (χ1) is 17.9. The molecule has 0 unspecified atom stereocenters. The van der Waals surface area contributed by atoms with Crippen molar-refractivity contribution < 1.29 is 19.4 Å². The maximum Gasteiger partial charge on any atom is 0.341 e. The maximum absolute atomic E-state index is 13.0. The number of benzene rings is 3. The number of amides is 1. The van der Waals surface area contributed by atoms with Crippen molar-refractivity contribution in [3.8, 4) is 5.75 Å². The minimum atomic E-state index is -1.04. The van der Waals surface area contributed by atoms with Crippen LogP contribution in [0.1, 0.15) is 59.1 Å². The van der Waals surface area contributed by atoms with Crippen molar-refractivity contribution in [2.75, 3.05) is 6.61 Å². The number of rotatable bonds is 8. The molecule has 0 radical (unpaired) electrons. The number of carboxylic acids is 1. The standard InChI is InChI=1S/C31H33ClN2O4/c1-19-20(2)34(17-23-14-25(11-12-27(23)32)38-18-29(35)36)28-13-8-22(15-26(19)28)30(37)33-16-21-6-9-24(10-7-21)31(3,4)5/h6-15H,16-18H2,1-5H3,(H,33,37)(H,35,36). The normalized spacial score (nSPS) is 11.5. The number of aryl methyl sites for hydroxylation is 1. The Balaban J connectivity index is 1.53. The van der Waals surface area contributed by atoms with E-state index in [9.17, 15) is 9.59 Å². The molecular weight excluding hydrogens is 500 g/mol. The molecule has 0 spiro atoms. The molecule has 0 aliphatic carbocycles. The zero-order chi connectivity index (χ0) is 27.6. The summed E-state index contributed by atoms with van der Waals surface area (Å²) in [4.78, 5) is 23.8. The van der Waals surface area contributed by atoms with Crippen molar-refractivity contribution >= 4 is 34.4 Å². The Morgan fingerprint density at radius 2 is 1.71 bits per heavy atom. The van der Waals surface area contributed by atoms with Crippen LogP contribution < -0.4 is 10.1 Å². The highest BCUT2D eigenvalue weighted by Crippen LogP contribution is 2.30. The molecule has 1 aromatic heterocycles. The van der Waals surface area contributed by atoms with Crippen LogP contribution in [0.15, 0.2) is 60.7 Å². The Bertz CT molecular complexity index is 1500. The van der Waals surface area contributed by atoms with Crippen molar-refractivity contribution in [2.45, 2.75) is 53.1 Å². The van der Waals surface area contributed by atoms with Gasteiger partial charge in [0.25, 0.3) is 5.91 Å². The van der Waals surface area contributed by atoms with E-state index in [0.717, 1.165) is 33.3 Å². The van der Waals surface area contributed by atoms with Crippen LogP contribution in [0.2, 0.25) is 5.02 Å². The van der Waals surface area contributed by atoms with Crippen LogP contribution in [0, 0.1) is 13.8 Å². The van der Waals surface area contributed by atoms with Crippen LogP contribution in [0.4, 0.5) is 0 Å². The molecule has 0 fully saturated rings. The average molecular weight is 533 g/mol. The number of aromatic nitrogens is 1. The zero-order valence-electron chi connectivity index (χ0n) is 22.4. The second-order valence-electron chi connectivity index (χ2n) is 10.6. The second kappa shape index (κ2) is 10.9. The van der Waals surface area contributed by atoms with Gasteiger partial charge in [0.05, 0.1) is 0 Å². The third-order valence-corrected chi connectivity index (χ3v) is 7.25. The molecule has 4 rings (SSSR count). The lowest BCUT2D eigenvalue weighted by Gasteiger charge is -2.19. The van der Waals surface area contributed by atoms with Crippen LogP contribution in [-0.4, -0.2) is 28.2 Å². The van der Waals surface area contributed by atoms with Gasteiger partial charge in [-0.15, -0.1) is 0 Å². The molecule has 0 atom stereocenters. The summed E-state index contributed by atoms with van der Waals surface area (Å²) >= 11 is 6.46. The van der Waals surface area contributed by atoms with Gasteiger partial charge < -0.3 is 19.7 Å². The van der Waals surface area contributed by atoms with Gasteiger partial charge in [0.2, 0.25) is 0 Å². The molecule has 0 saturated heterocycles. The monoisotopic (exact) mass is 532 g/mol. The first-order valence-electron chi connectivity index (χ1n) is 12.5. The summed E-state index contributed by atoms with van der Waals surface area (Å²) in [7, 11) is 0. The molecule has 0 bridgehead atoms. The Labute approximate surface area is 228 Å².